The number of hydrogen-bond donors (Lipinski definition) is 1. The van der Waals surface area contributed by atoms with Crippen molar-refractivity contribution >= 4 is 29.2 Å². The summed E-state index contributed by atoms with van der Waals surface area (Å²) >= 11 is 2.53. The maximum absolute atomic E-state index is 12.4. The molecule has 1 nitrogen and oxygen atoms in total. The highest BCUT2D eigenvalue weighted by Gasteiger charge is 2.24. The molecular weight excluding hydrogens is 260 g/mol. The van der Waals surface area contributed by atoms with E-state index in [-0.39, 0.29) is 0 Å². The summed E-state index contributed by atoms with van der Waals surface area (Å²) in [5.74, 6) is -1.23. The van der Waals surface area contributed by atoms with Crippen LogP contribution in [0.15, 0.2) is 29.2 Å². The molecule has 1 aromatic carbocycles. The van der Waals surface area contributed by atoms with Crippen molar-refractivity contribution in [2.45, 2.75) is 35.3 Å². The maximum atomic E-state index is 12.4. The number of nitrogens with one attached hydrogen (secondary N) is 1. The van der Waals surface area contributed by atoms with E-state index in [4.69, 9.17) is 0 Å². The van der Waals surface area contributed by atoms with Crippen molar-refractivity contribution in [1.82, 2.24) is 0 Å². The van der Waals surface area contributed by atoms with Crippen LogP contribution in [0.1, 0.15) is 13.3 Å². The minimum atomic E-state index is -2.37. The highest BCUT2D eigenvalue weighted by Crippen LogP contribution is 2.35. The summed E-state index contributed by atoms with van der Waals surface area (Å²) in [6, 6.07) is 7.68. The van der Waals surface area contributed by atoms with Gasteiger partial charge in [0.25, 0.3) is 5.76 Å². The Hall–Kier alpha value is -0.420. The van der Waals surface area contributed by atoms with Gasteiger partial charge in [-0.15, -0.1) is 0 Å². The molecule has 0 bridgehead atoms. The molecule has 1 N–H and O–H groups in total. The van der Waals surface area contributed by atoms with Crippen molar-refractivity contribution in [2.24, 2.45) is 0 Å². The largest absolute Gasteiger partial charge is 0.380 e. The van der Waals surface area contributed by atoms with Crippen molar-refractivity contribution in [2.75, 3.05) is 11.1 Å². The monoisotopic (exact) mass is 275 g/mol. The van der Waals surface area contributed by atoms with Crippen molar-refractivity contribution in [1.29, 1.82) is 0 Å². The van der Waals surface area contributed by atoms with Gasteiger partial charge in [0.2, 0.25) is 0 Å². The second-order valence-corrected chi connectivity index (χ2v) is 6.51. The van der Waals surface area contributed by atoms with Gasteiger partial charge in [0.15, 0.2) is 0 Å². The van der Waals surface area contributed by atoms with Crippen LogP contribution in [0.5, 0.6) is 0 Å². The van der Waals surface area contributed by atoms with Crippen LogP contribution in [0.4, 0.5) is 14.5 Å². The van der Waals surface area contributed by atoms with Crippen LogP contribution < -0.4 is 5.32 Å². The van der Waals surface area contributed by atoms with Gasteiger partial charge in [-0.2, -0.15) is 20.5 Å². The van der Waals surface area contributed by atoms with E-state index in [1.165, 1.54) is 0 Å². The molecule has 0 saturated carbocycles. The van der Waals surface area contributed by atoms with Gasteiger partial charge in [0.05, 0.1) is 0 Å². The summed E-state index contributed by atoms with van der Waals surface area (Å²) in [5, 5.41) is 3.93. The fourth-order valence-corrected chi connectivity index (χ4v) is 3.71. The number of thioether (sulfide) groups is 2. The third-order valence-corrected chi connectivity index (χ3v) is 4.93. The van der Waals surface area contributed by atoms with E-state index in [2.05, 4.69) is 12.2 Å². The summed E-state index contributed by atoms with van der Waals surface area (Å²) in [6.07, 6.45) is 1.10. The van der Waals surface area contributed by atoms with Crippen molar-refractivity contribution in [3.63, 3.8) is 0 Å². The predicted molar refractivity (Wildman–Crippen MR) is 72.3 cm³/mol. The fourth-order valence-electron chi connectivity index (χ4n) is 1.91. The van der Waals surface area contributed by atoms with Crippen LogP contribution in [0.25, 0.3) is 0 Å². The minimum absolute atomic E-state index is 0.388. The van der Waals surface area contributed by atoms with E-state index in [0.29, 0.717) is 27.9 Å². The standard InChI is InChI=1S/C12H15F2NS2/c1-8-9(6-7-16-8)15-10-4-2-3-5-11(10)17-12(13)14/h2-5,8-9,12,15H,6-7H2,1H3. The first-order chi connectivity index (χ1) is 8.16. The van der Waals surface area contributed by atoms with Crippen LogP contribution in [0, 0.1) is 0 Å². The molecule has 2 rings (SSSR count). The fraction of sp³-hybridized carbons (Fsp3) is 0.500. The van der Waals surface area contributed by atoms with Crippen LogP contribution in [-0.4, -0.2) is 22.8 Å². The first kappa shape index (κ1) is 13.0. The maximum Gasteiger partial charge on any atom is 0.288 e. The van der Waals surface area contributed by atoms with Gasteiger partial charge in [0, 0.05) is 21.9 Å². The molecule has 1 heterocycles. The molecule has 1 fully saturated rings. The molecule has 17 heavy (non-hydrogen) atoms. The summed E-state index contributed by atoms with van der Waals surface area (Å²) in [6.45, 7) is 2.18. The molecule has 2 atom stereocenters. The molecular formula is C12H15F2NS2. The molecule has 2 unspecified atom stereocenters. The van der Waals surface area contributed by atoms with E-state index in [9.17, 15) is 8.78 Å². The normalized spacial score (nSPS) is 24.2. The molecule has 0 aliphatic carbocycles. The molecule has 94 valence electrons. The van der Waals surface area contributed by atoms with Gasteiger partial charge in [-0.05, 0) is 24.3 Å². The summed E-state index contributed by atoms with van der Waals surface area (Å²) in [5.41, 5.74) is 0.831. The third-order valence-electron chi connectivity index (χ3n) is 2.82. The number of alkyl halides is 2. The highest BCUT2D eigenvalue weighted by molar-refractivity contribution is 8.00. The lowest BCUT2D eigenvalue weighted by molar-refractivity contribution is 0.252. The third kappa shape index (κ3) is 3.52. The minimum Gasteiger partial charge on any atom is -0.380 e. The molecule has 0 spiro atoms. The smallest absolute Gasteiger partial charge is 0.288 e. The molecule has 1 aromatic rings. The quantitative estimate of drug-likeness (QED) is 0.822. The zero-order valence-electron chi connectivity index (χ0n) is 9.53. The Labute approximate surface area is 109 Å². The van der Waals surface area contributed by atoms with E-state index >= 15 is 0 Å². The van der Waals surface area contributed by atoms with Gasteiger partial charge < -0.3 is 5.32 Å². The second kappa shape index (κ2) is 5.96. The summed E-state index contributed by atoms with van der Waals surface area (Å²) in [4.78, 5) is 0.631. The van der Waals surface area contributed by atoms with Crippen LogP contribution in [-0.2, 0) is 0 Å². The number of anilines is 1. The van der Waals surface area contributed by atoms with E-state index < -0.39 is 5.76 Å². The van der Waals surface area contributed by atoms with Crippen molar-refractivity contribution < 1.29 is 8.78 Å². The number of hydrogen-bond acceptors (Lipinski definition) is 3. The lowest BCUT2D eigenvalue weighted by Crippen LogP contribution is -2.24. The highest BCUT2D eigenvalue weighted by atomic mass is 32.2. The zero-order chi connectivity index (χ0) is 12.3. The molecule has 1 aliphatic rings. The SMILES string of the molecule is CC1SCCC1Nc1ccccc1SC(F)F. The van der Waals surface area contributed by atoms with Crippen LogP contribution in [0.3, 0.4) is 0 Å². The number of para-hydroxylation sites is 1. The average molecular weight is 275 g/mol. The number of halogens is 2. The predicted octanol–water partition coefficient (Wildman–Crippen LogP) is 4.31. The average Bonchev–Trinajstić information content (AvgIpc) is 2.67. The lowest BCUT2D eigenvalue weighted by Gasteiger charge is -2.19. The Morgan fingerprint density at radius 2 is 2.18 bits per heavy atom. The van der Waals surface area contributed by atoms with Crippen molar-refractivity contribution in [3.8, 4) is 0 Å². The molecule has 1 aliphatic heterocycles. The molecule has 0 amide bonds. The molecule has 0 aromatic heterocycles. The van der Waals surface area contributed by atoms with Gasteiger partial charge in [-0.25, -0.2) is 0 Å². The number of rotatable bonds is 4. The van der Waals surface area contributed by atoms with E-state index in [1.807, 2.05) is 23.9 Å². The second-order valence-electron chi connectivity index (χ2n) is 3.99. The van der Waals surface area contributed by atoms with Gasteiger partial charge >= 0.3 is 0 Å². The first-order valence-corrected chi connectivity index (χ1v) is 7.51. The topological polar surface area (TPSA) is 12.0 Å². The molecule has 1 saturated heterocycles. The van der Waals surface area contributed by atoms with E-state index in [1.54, 1.807) is 12.1 Å². The Kier molecular flexibility index (Phi) is 4.56. The number of benzene rings is 1. The van der Waals surface area contributed by atoms with Crippen LogP contribution in [0.2, 0.25) is 0 Å². The van der Waals surface area contributed by atoms with Gasteiger partial charge in [0.1, 0.15) is 0 Å². The van der Waals surface area contributed by atoms with Crippen molar-refractivity contribution in [3.05, 3.63) is 24.3 Å². The van der Waals surface area contributed by atoms with Gasteiger partial charge in [-0.1, -0.05) is 30.8 Å². The molecule has 0 radical (unpaired) electrons. The Balaban J connectivity index is 2.09. The Morgan fingerprint density at radius 1 is 1.41 bits per heavy atom. The van der Waals surface area contributed by atoms with Gasteiger partial charge in [-0.3, -0.25) is 0 Å². The molecule has 5 heteroatoms. The zero-order valence-corrected chi connectivity index (χ0v) is 11.2. The first-order valence-electron chi connectivity index (χ1n) is 5.59. The van der Waals surface area contributed by atoms with E-state index in [0.717, 1.165) is 17.9 Å². The lowest BCUT2D eigenvalue weighted by atomic mass is 10.1. The summed E-state index contributed by atoms with van der Waals surface area (Å²) in [7, 11) is 0. The van der Waals surface area contributed by atoms with Crippen LogP contribution >= 0.6 is 23.5 Å². The Morgan fingerprint density at radius 3 is 2.82 bits per heavy atom. The Bertz CT molecular complexity index is 373. The summed E-state index contributed by atoms with van der Waals surface area (Å²) < 4.78 is 24.8.